The Morgan fingerprint density at radius 1 is 1.23 bits per heavy atom. The molecule has 0 fully saturated rings. The van der Waals surface area contributed by atoms with Crippen LogP contribution >= 0.6 is 0 Å². The first kappa shape index (κ1) is 8.17. The molecule has 0 aromatic heterocycles. The molecule has 0 saturated carbocycles. The third-order valence-electron chi connectivity index (χ3n) is 2.59. The number of benzene rings is 1. The number of hydrogen-bond donors (Lipinski definition) is 2. The maximum atomic E-state index is 5.90. The van der Waals surface area contributed by atoms with Gasteiger partial charge in [0.25, 0.3) is 0 Å². The number of hydrogen-bond acceptors (Lipinski definition) is 2. The van der Waals surface area contributed by atoms with Crippen molar-refractivity contribution in [2.24, 2.45) is 0 Å². The van der Waals surface area contributed by atoms with Gasteiger partial charge in [0.05, 0.1) is 11.4 Å². The summed E-state index contributed by atoms with van der Waals surface area (Å²) < 4.78 is 0. The van der Waals surface area contributed by atoms with E-state index in [-0.39, 0.29) is 0 Å². The maximum Gasteiger partial charge on any atom is 0.0586 e. The molecule has 0 spiro atoms. The molecule has 2 nitrogen and oxygen atoms in total. The van der Waals surface area contributed by atoms with Crippen LogP contribution in [0.15, 0.2) is 30.4 Å². The molecule has 2 rings (SSSR count). The van der Waals surface area contributed by atoms with Gasteiger partial charge in [-0.05, 0) is 24.5 Å². The lowest BCUT2D eigenvalue weighted by Gasteiger charge is -2.12. The molecule has 13 heavy (non-hydrogen) atoms. The summed E-state index contributed by atoms with van der Waals surface area (Å²) in [6, 6.07) is 5.87. The van der Waals surface area contributed by atoms with Gasteiger partial charge >= 0.3 is 0 Å². The van der Waals surface area contributed by atoms with Gasteiger partial charge in [-0.25, -0.2) is 0 Å². The van der Waals surface area contributed by atoms with Crippen molar-refractivity contribution in [3.8, 4) is 0 Å². The Kier molecular flexibility index (Phi) is 1.97. The van der Waals surface area contributed by atoms with Crippen LogP contribution in [-0.4, -0.2) is 0 Å². The van der Waals surface area contributed by atoms with E-state index in [1.807, 2.05) is 12.1 Å². The molecule has 1 aliphatic carbocycles. The summed E-state index contributed by atoms with van der Waals surface area (Å²) >= 11 is 0. The first-order chi connectivity index (χ1) is 6.29. The van der Waals surface area contributed by atoms with E-state index in [1.54, 1.807) is 0 Å². The molecule has 0 radical (unpaired) electrons. The minimum absolute atomic E-state index is 0.475. The molecule has 4 N–H and O–H groups in total. The highest BCUT2D eigenvalue weighted by atomic mass is 14.7. The van der Waals surface area contributed by atoms with Crippen molar-refractivity contribution in [1.82, 2.24) is 0 Å². The van der Waals surface area contributed by atoms with Crippen LogP contribution in [0.25, 0.3) is 0 Å². The highest BCUT2D eigenvalue weighted by Crippen LogP contribution is 2.34. The van der Waals surface area contributed by atoms with E-state index in [0.717, 1.165) is 18.5 Å². The highest BCUT2D eigenvalue weighted by molar-refractivity contribution is 5.68. The summed E-state index contributed by atoms with van der Waals surface area (Å²) in [5, 5.41) is 0. The van der Waals surface area contributed by atoms with E-state index in [2.05, 4.69) is 18.2 Å². The Bertz CT molecular complexity index is 342. The number of allylic oxidation sites excluding steroid dienone is 2. The van der Waals surface area contributed by atoms with E-state index >= 15 is 0 Å². The Balaban J connectivity index is 2.39. The second kappa shape index (κ2) is 3.13. The van der Waals surface area contributed by atoms with Crippen molar-refractivity contribution < 1.29 is 0 Å². The molecule has 0 bridgehead atoms. The van der Waals surface area contributed by atoms with Crippen LogP contribution < -0.4 is 11.5 Å². The van der Waals surface area contributed by atoms with Crippen molar-refractivity contribution in [2.45, 2.75) is 18.8 Å². The normalized spacial score (nSPS) is 20.8. The predicted molar refractivity (Wildman–Crippen MR) is 56.4 cm³/mol. The first-order valence-electron chi connectivity index (χ1n) is 4.59. The number of rotatable bonds is 1. The van der Waals surface area contributed by atoms with Gasteiger partial charge in [0.2, 0.25) is 0 Å². The smallest absolute Gasteiger partial charge is 0.0586 e. The van der Waals surface area contributed by atoms with E-state index in [0.29, 0.717) is 11.6 Å². The van der Waals surface area contributed by atoms with Crippen LogP contribution in [0.5, 0.6) is 0 Å². The van der Waals surface area contributed by atoms with Crippen molar-refractivity contribution in [2.75, 3.05) is 11.5 Å². The maximum absolute atomic E-state index is 5.90. The zero-order valence-corrected chi connectivity index (χ0v) is 7.53. The van der Waals surface area contributed by atoms with Gasteiger partial charge in [-0.3, -0.25) is 0 Å². The Labute approximate surface area is 78.2 Å². The molecular formula is C11H14N2. The van der Waals surface area contributed by atoms with Crippen LogP contribution in [0, 0.1) is 0 Å². The van der Waals surface area contributed by atoms with Crippen molar-refractivity contribution in [3.05, 3.63) is 35.9 Å². The fourth-order valence-electron chi connectivity index (χ4n) is 1.82. The highest BCUT2D eigenvalue weighted by Gasteiger charge is 2.14. The molecular weight excluding hydrogens is 160 g/mol. The van der Waals surface area contributed by atoms with Crippen LogP contribution in [0.4, 0.5) is 11.4 Å². The number of anilines is 2. The summed E-state index contributed by atoms with van der Waals surface area (Å²) in [5.74, 6) is 0.475. The quantitative estimate of drug-likeness (QED) is 0.507. The van der Waals surface area contributed by atoms with Crippen LogP contribution in [0.1, 0.15) is 24.3 Å². The largest absolute Gasteiger partial charge is 0.397 e. The molecule has 0 heterocycles. The van der Waals surface area contributed by atoms with Gasteiger partial charge in [0.1, 0.15) is 0 Å². The number of para-hydroxylation sites is 1. The lowest BCUT2D eigenvalue weighted by molar-refractivity contribution is 0.803. The van der Waals surface area contributed by atoms with E-state index in [4.69, 9.17) is 11.5 Å². The molecule has 0 saturated heterocycles. The van der Waals surface area contributed by atoms with E-state index in [9.17, 15) is 0 Å². The zero-order valence-electron chi connectivity index (χ0n) is 7.53. The van der Waals surface area contributed by atoms with E-state index in [1.165, 1.54) is 5.56 Å². The van der Waals surface area contributed by atoms with Gasteiger partial charge < -0.3 is 11.5 Å². The number of nitrogens with two attached hydrogens (primary N) is 2. The van der Waals surface area contributed by atoms with Crippen LogP contribution in [0.3, 0.4) is 0 Å². The molecule has 1 atom stereocenters. The average molecular weight is 174 g/mol. The summed E-state index contributed by atoms with van der Waals surface area (Å²) in [5.41, 5.74) is 14.3. The molecule has 2 heteroatoms. The van der Waals surface area contributed by atoms with E-state index < -0.39 is 0 Å². The standard InChI is InChI=1S/C11H14N2/c12-10-7-3-6-9(11(10)13)8-4-1-2-5-8/h1,3-4,6-8H,2,5,12-13H2/t8-/m0/s1. The fraction of sp³-hybridized carbons (Fsp3) is 0.273. The SMILES string of the molecule is Nc1cccc([C@H]2C=CCC2)c1N. The molecule has 0 aliphatic heterocycles. The monoisotopic (exact) mass is 174 g/mol. The zero-order chi connectivity index (χ0) is 9.26. The second-order valence-electron chi connectivity index (χ2n) is 3.46. The van der Waals surface area contributed by atoms with Crippen molar-refractivity contribution in [1.29, 1.82) is 0 Å². The molecule has 1 aliphatic rings. The molecule has 1 aromatic rings. The topological polar surface area (TPSA) is 52.0 Å². The van der Waals surface area contributed by atoms with Gasteiger partial charge in [-0.2, -0.15) is 0 Å². The van der Waals surface area contributed by atoms with Crippen molar-refractivity contribution >= 4 is 11.4 Å². The molecule has 68 valence electrons. The van der Waals surface area contributed by atoms with Crippen LogP contribution in [0.2, 0.25) is 0 Å². The minimum Gasteiger partial charge on any atom is -0.397 e. The Morgan fingerprint density at radius 3 is 2.77 bits per heavy atom. The third-order valence-corrected chi connectivity index (χ3v) is 2.59. The van der Waals surface area contributed by atoms with Gasteiger partial charge in [0, 0.05) is 5.92 Å². The summed E-state index contributed by atoms with van der Waals surface area (Å²) in [6.07, 6.45) is 6.73. The van der Waals surface area contributed by atoms with Gasteiger partial charge in [-0.15, -0.1) is 0 Å². The summed E-state index contributed by atoms with van der Waals surface area (Å²) in [6.45, 7) is 0. The number of nitrogen functional groups attached to an aromatic ring is 2. The second-order valence-corrected chi connectivity index (χ2v) is 3.46. The lowest BCUT2D eigenvalue weighted by Crippen LogP contribution is -2.02. The molecule has 0 unspecified atom stereocenters. The third kappa shape index (κ3) is 1.39. The van der Waals surface area contributed by atoms with Gasteiger partial charge in [0.15, 0.2) is 0 Å². The lowest BCUT2D eigenvalue weighted by atomic mass is 9.96. The molecule has 1 aromatic carbocycles. The van der Waals surface area contributed by atoms with Gasteiger partial charge in [-0.1, -0.05) is 24.3 Å². The minimum atomic E-state index is 0.475. The Hall–Kier alpha value is -1.44. The predicted octanol–water partition coefficient (Wildman–Crippen LogP) is 2.28. The Morgan fingerprint density at radius 2 is 2.08 bits per heavy atom. The molecule has 0 amide bonds. The first-order valence-corrected chi connectivity index (χ1v) is 4.59. The van der Waals surface area contributed by atoms with Crippen molar-refractivity contribution in [3.63, 3.8) is 0 Å². The summed E-state index contributed by atoms with van der Waals surface area (Å²) in [7, 11) is 0. The summed E-state index contributed by atoms with van der Waals surface area (Å²) in [4.78, 5) is 0. The fourth-order valence-corrected chi connectivity index (χ4v) is 1.82. The van der Waals surface area contributed by atoms with Crippen LogP contribution in [-0.2, 0) is 0 Å². The average Bonchev–Trinajstić information content (AvgIpc) is 2.62.